The molecule has 0 spiro atoms. The molecule has 2 aromatic rings. The first kappa shape index (κ1) is 11.5. The summed E-state index contributed by atoms with van der Waals surface area (Å²) in [6.45, 7) is 0. The smallest absolute Gasteiger partial charge is 0.320 e. The number of fused-ring (bicyclic) bond motifs is 1. The zero-order valence-corrected chi connectivity index (χ0v) is 9.46. The van der Waals surface area contributed by atoms with Crippen molar-refractivity contribution in [2.24, 2.45) is 5.73 Å². The number of carbonyl (C=O) groups is 1. The predicted molar refractivity (Wildman–Crippen MR) is 63.8 cm³/mol. The van der Waals surface area contributed by atoms with Crippen LogP contribution < -0.4 is 10.6 Å². The average Bonchev–Trinajstić information content (AvgIpc) is 2.68. The SMILES string of the molecule is COn1cc(CC(N)C(=O)O)c2ccccc21. The molecule has 1 aromatic heterocycles. The molecule has 0 radical (unpaired) electrons. The van der Waals surface area contributed by atoms with Crippen LogP contribution in [0, 0.1) is 0 Å². The number of carboxylic acids is 1. The van der Waals surface area contributed by atoms with Crippen LogP contribution in [0.1, 0.15) is 5.56 Å². The van der Waals surface area contributed by atoms with Crippen LogP contribution in [-0.4, -0.2) is 29.0 Å². The highest BCUT2D eigenvalue weighted by atomic mass is 16.6. The molecule has 1 atom stereocenters. The molecule has 1 unspecified atom stereocenters. The van der Waals surface area contributed by atoms with Gasteiger partial charge in [0.15, 0.2) is 0 Å². The number of nitrogens with two attached hydrogens (primary N) is 1. The van der Waals surface area contributed by atoms with Gasteiger partial charge in [-0.15, -0.1) is 0 Å². The molecule has 5 heteroatoms. The normalized spacial score (nSPS) is 12.6. The van der Waals surface area contributed by atoms with Crippen molar-refractivity contribution >= 4 is 16.9 Å². The Morgan fingerprint density at radius 3 is 2.88 bits per heavy atom. The van der Waals surface area contributed by atoms with Crippen LogP contribution in [0.25, 0.3) is 10.9 Å². The van der Waals surface area contributed by atoms with Crippen molar-refractivity contribution in [1.82, 2.24) is 4.73 Å². The lowest BCUT2D eigenvalue weighted by atomic mass is 10.1. The maximum absolute atomic E-state index is 10.8. The molecule has 5 nitrogen and oxygen atoms in total. The van der Waals surface area contributed by atoms with E-state index in [9.17, 15) is 4.79 Å². The minimum Gasteiger partial charge on any atom is -0.480 e. The van der Waals surface area contributed by atoms with Gasteiger partial charge in [0, 0.05) is 18.0 Å². The summed E-state index contributed by atoms with van der Waals surface area (Å²) in [5, 5.41) is 9.78. The molecule has 1 aromatic carbocycles. The van der Waals surface area contributed by atoms with Crippen molar-refractivity contribution in [3.63, 3.8) is 0 Å². The van der Waals surface area contributed by atoms with E-state index in [1.807, 2.05) is 24.3 Å². The van der Waals surface area contributed by atoms with Gasteiger partial charge in [-0.2, -0.15) is 4.73 Å². The first-order chi connectivity index (χ1) is 8.13. The van der Waals surface area contributed by atoms with Crippen molar-refractivity contribution in [1.29, 1.82) is 0 Å². The number of benzene rings is 1. The number of aliphatic carboxylic acids is 1. The standard InChI is InChI=1S/C12H14N2O3/c1-17-14-7-8(6-10(13)12(15)16)9-4-2-3-5-11(9)14/h2-5,7,10H,6,13H2,1H3,(H,15,16). The van der Waals surface area contributed by atoms with E-state index < -0.39 is 12.0 Å². The van der Waals surface area contributed by atoms with E-state index in [1.165, 1.54) is 0 Å². The number of hydrogen-bond acceptors (Lipinski definition) is 3. The molecule has 0 aliphatic rings. The largest absolute Gasteiger partial charge is 0.480 e. The molecule has 0 saturated carbocycles. The predicted octanol–water partition coefficient (Wildman–Crippen LogP) is 0.654. The van der Waals surface area contributed by atoms with Crippen LogP contribution in [0.2, 0.25) is 0 Å². The third-order valence-electron chi connectivity index (χ3n) is 2.71. The quantitative estimate of drug-likeness (QED) is 0.814. The van der Waals surface area contributed by atoms with Gasteiger partial charge >= 0.3 is 5.97 Å². The molecule has 90 valence electrons. The topological polar surface area (TPSA) is 77.5 Å². The Kier molecular flexibility index (Phi) is 3.01. The summed E-state index contributed by atoms with van der Waals surface area (Å²) in [4.78, 5) is 15.9. The van der Waals surface area contributed by atoms with E-state index in [2.05, 4.69) is 0 Å². The molecule has 1 heterocycles. The van der Waals surface area contributed by atoms with Crippen LogP contribution in [0.4, 0.5) is 0 Å². The van der Waals surface area contributed by atoms with E-state index in [1.54, 1.807) is 18.0 Å². The highest BCUT2D eigenvalue weighted by Gasteiger charge is 2.16. The van der Waals surface area contributed by atoms with Gasteiger partial charge in [0.1, 0.15) is 13.2 Å². The highest BCUT2D eigenvalue weighted by molar-refractivity contribution is 5.84. The van der Waals surface area contributed by atoms with Crippen LogP contribution in [-0.2, 0) is 11.2 Å². The van der Waals surface area contributed by atoms with Gasteiger partial charge in [0.2, 0.25) is 0 Å². The van der Waals surface area contributed by atoms with Crippen LogP contribution in [0.5, 0.6) is 0 Å². The number of rotatable bonds is 4. The van der Waals surface area contributed by atoms with Gasteiger partial charge < -0.3 is 15.7 Å². The maximum atomic E-state index is 10.8. The van der Waals surface area contributed by atoms with E-state index >= 15 is 0 Å². The Morgan fingerprint density at radius 2 is 2.24 bits per heavy atom. The zero-order valence-electron chi connectivity index (χ0n) is 9.46. The van der Waals surface area contributed by atoms with Crippen molar-refractivity contribution in [2.45, 2.75) is 12.5 Å². The van der Waals surface area contributed by atoms with Gasteiger partial charge in [-0.3, -0.25) is 4.79 Å². The maximum Gasteiger partial charge on any atom is 0.320 e. The minimum absolute atomic E-state index is 0.284. The van der Waals surface area contributed by atoms with Crippen LogP contribution in [0.15, 0.2) is 30.5 Å². The number of aromatic nitrogens is 1. The lowest BCUT2D eigenvalue weighted by molar-refractivity contribution is -0.138. The summed E-state index contributed by atoms with van der Waals surface area (Å²) >= 11 is 0. The molecule has 2 rings (SSSR count). The molecule has 0 fully saturated rings. The molecular formula is C12H14N2O3. The summed E-state index contributed by atoms with van der Waals surface area (Å²) in [6, 6.07) is 6.74. The molecule has 0 saturated heterocycles. The lowest BCUT2D eigenvalue weighted by Crippen LogP contribution is -2.32. The van der Waals surface area contributed by atoms with Gasteiger partial charge in [0.25, 0.3) is 0 Å². The molecule has 0 amide bonds. The Bertz CT molecular complexity index is 548. The van der Waals surface area contributed by atoms with Crippen LogP contribution >= 0.6 is 0 Å². The summed E-state index contributed by atoms with van der Waals surface area (Å²) in [5.41, 5.74) is 7.32. The average molecular weight is 234 g/mol. The minimum atomic E-state index is -1.00. The van der Waals surface area contributed by atoms with Gasteiger partial charge in [-0.25, -0.2) is 0 Å². The molecule has 0 aliphatic carbocycles. The van der Waals surface area contributed by atoms with Gasteiger partial charge in [0.05, 0.1) is 5.52 Å². The lowest BCUT2D eigenvalue weighted by Gasteiger charge is -2.04. The number of carboxylic acid groups (broad SMARTS) is 1. The Hall–Kier alpha value is -2.01. The molecule has 17 heavy (non-hydrogen) atoms. The van der Waals surface area contributed by atoms with E-state index in [0.717, 1.165) is 16.5 Å². The third kappa shape index (κ3) is 2.09. The first-order valence-corrected chi connectivity index (χ1v) is 5.25. The van der Waals surface area contributed by atoms with Crippen LogP contribution in [0.3, 0.4) is 0 Å². The molecule has 3 N–H and O–H groups in total. The number of nitrogens with zero attached hydrogens (tertiary/aromatic N) is 1. The van der Waals surface area contributed by atoms with E-state index in [-0.39, 0.29) is 6.42 Å². The molecule has 0 aliphatic heterocycles. The second-order valence-corrected chi connectivity index (χ2v) is 3.83. The molecule has 0 bridgehead atoms. The van der Waals surface area contributed by atoms with Gasteiger partial charge in [-0.1, -0.05) is 18.2 Å². The molecular weight excluding hydrogens is 220 g/mol. The Labute approximate surface area is 98.4 Å². The summed E-state index contributed by atoms with van der Waals surface area (Å²) < 4.78 is 1.61. The fraction of sp³-hybridized carbons (Fsp3) is 0.250. The Morgan fingerprint density at radius 1 is 1.53 bits per heavy atom. The van der Waals surface area contributed by atoms with E-state index in [4.69, 9.17) is 15.7 Å². The summed E-state index contributed by atoms with van der Waals surface area (Å²) in [7, 11) is 1.56. The van der Waals surface area contributed by atoms with Crippen molar-refractivity contribution in [2.75, 3.05) is 7.11 Å². The van der Waals surface area contributed by atoms with E-state index in [0.29, 0.717) is 0 Å². The second-order valence-electron chi connectivity index (χ2n) is 3.83. The first-order valence-electron chi connectivity index (χ1n) is 5.25. The number of hydrogen-bond donors (Lipinski definition) is 2. The van der Waals surface area contributed by atoms with Gasteiger partial charge in [-0.05, 0) is 11.6 Å². The second kappa shape index (κ2) is 4.47. The zero-order chi connectivity index (χ0) is 12.4. The Balaban J connectivity index is 2.44. The van der Waals surface area contributed by atoms with Crippen molar-refractivity contribution in [3.8, 4) is 0 Å². The third-order valence-corrected chi connectivity index (χ3v) is 2.71. The fourth-order valence-electron chi connectivity index (χ4n) is 1.86. The summed E-state index contributed by atoms with van der Waals surface area (Å²) in [5.74, 6) is -1.00. The highest BCUT2D eigenvalue weighted by Crippen LogP contribution is 2.21. The number of para-hydroxylation sites is 1. The fourth-order valence-corrected chi connectivity index (χ4v) is 1.86. The monoisotopic (exact) mass is 234 g/mol. The van der Waals surface area contributed by atoms with Crippen molar-refractivity contribution in [3.05, 3.63) is 36.0 Å². The van der Waals surface area contributed by atoms with Crippen molar-refractivity contribution < 1.29 is 14.7 Å². The summed E-state index contributed by atoms with van der Waals surface area (Å²) in [6.07, 6.45) is 2.06.